The standard InChI is InChI=1S/C5H4F3N3S/c6-5(7,8)3-2(4(9)12)1-10-11-3/h1H,(H2,9,12)(H,10,11). The highest BCUT2D eigenvalue weighted by Gasteiger charge is 2.36. The van der Waals surface area contributed by atoms with Crippen LogP contribution in [0.3, 0.4) is 0 Å². The summed E-state index contributed by atoms with van der Waals surface area (Å²) >= 11 is 4.39. The topological polar surface area (TPSA) is 54.7 Å². The summed E-state index contributed by atoms with van der Waals surface area (Å²) in [5.41, 5.74) is 3.74. The van der Waals surface area contributed by atoms with Gasteiger partial charge in [0.25, 0.3) is 0 Å². The second-order valence-corrected chi connectivity index (χ2v) is 2.46. The maximum atomic E-state index is 12.1. The van der Waals surface area contributed by atoms with Crippen molar-refractivity contribution in [3.63, 3.8) is 0 Å². The number of nitrogens with zero attached hydrogens (tertiary/aromatic N) is 1. The lowest BCUT2D eigenvalue weighted by Gasteiger charge is -2.04. The summed E-state index contributed by atoms with van der Waals surface area (Å²) < 4.78 is 36.2. The number of aromatic nitrogens is 2. The van der Waals surface area contributed by atoms with Gasteiger partial charge in [-0.05, 0) is 0 Å². The van der Waals surface area contributed by atoms with E-state index >= 15 is 0 Å². The van der Waals surface area contributed by atoms with Crippen LogP contribution in [0.4, 0.5) is 13.2 Å². The SMILES string of the molecule is NC(=S)c1cn[nH]c1C(F)(F)F. The van der Waals surface area contributed by atoms with Crippen LogP contribution in [0.15, 0.2) is 6.20 Å². The summed E-state index contributed by atoms with van der Waals surface area (Å²) in [5.74, 6) is 0. The van der Waals surface area contributed by atoms with Gasteiger partial charge in [-0.2, -0.15) is 18.3 Å². The summed E-state index contributed by atoms with van der Waals surface area (Å²) in [6.45, 7) is 0. The van der Waals surface area contributed by atoms with Gasteiger partial charge in [-0.1, -0.05) is 12.2 Å². The number of H-pyrrole nitrogens is 1. The van der Waals surface area contributed by atoms with Crippen LogP contribution in [0, 0.1) is 0 Å². The van der Waals surface area contributed by atoms with Gasteiger partial charge in [0.05, 0.1) is 11.8 Å². The van der Waals surface area contributed by atoms with Crippen molar-refractivity contribution < 1.29 is 13.2 Å². The molecule has 1 aromatic heterocycles. The van der Waals surface area contributed by atoms with Crippen molar-refractivity contribution in [2.75, 3.05) is 0 Å². The van der Waals surface area contributed by atoms with Crippen molar-refractivity contribution in [1.29, 1.82) is 0 Å². The molecule has 1 aromatic rings. The van der Waals surface area contributed by atoms with E-state index in [0.29, 0.717) is 0 Å². The molecule has 0 aromatic carbocycles. The Kier molecular flexibility index (Phi) is 2.05. The summed E-state index contributed by atoms with van der Waals surface area (Å²) in [4.78, 5) is -0.323. The third-order valence-electron chi connectivity index (χ3n) is 1.19. The van der Waals surface area contributed by atoms with E-state index < -0.39 is 11.9 Å². The lowest BCUT2D eigenvalue weighted by molar-refractivity contribution is -0.141. The number of halogens is 3. The zero-order valence-electron chi connectivity index (χ0n) is 5.64. The molecule has 0 spiro atoms. The van der Waals surface area contributed by atoms with E-state index in [-0.39, 0.29) is 10.6 Å². The second kappa shape index (κ2) is 2.74. The predicted octanol–water partition coefficient (Wildman–Crippen LogP) is 1.06. The van der Waals surface area contributed by atoms with Gasteiger partial charge < -0.3 is 5.73 Å². The van der Waals surface area contributed by atoms with Crippen molar-refractivity contribution in [1.82, 2.24) is 10.2 Å². The molecule has 0 radical (unpaired) electrons. The average molecular weight is 195 g/mol. The number of thiocarbonyl (C=S) groups is 1. The van der Waals surface area contributed by atoms with Crippen molar-refractivity contribution in [3.8, 4) is 0 Å². The minimum Gasteiger partial charge on any atom is -0.389 e. The Balaban J connectivity index is 3.17. The quantitative estimate of drug-likeness (QED) is 0.659. The first-order chi connectivity index (χ1) is 5.43. The zero-order valence-corrected chi connectivity index (χ0v) is 6.46. The highest BCUT2D eigenvalue weighted by atomic mass is 32.1. The molecule has 0 saturated heterocycles. The Bertz CT molecular complexity index is 303. The van der Waals surface area contributed by atoms with Gasteiger partial charge >= 0.3 is 6.18 Å². The van der Waals surface area contributed by atoms with E-state index in [4.69, 9.17) is 5.73 Å². The van der Waals surface area contributed by atoms with Gasteiger partial charge in [-0.25, -0.2) is 0 Å². The summed E-state index contributed by atoms with van der Waals surface area (Å²) in [5, 5.41) is 4.98. The highest BCUT2D eigenvalue weighted by molar-refractivity contribution is 7.80. The van der Waals surface area contributed by atoms with Crippen LogP contribution < -0.4 is 5.73 Å². The van der Waals surface area contributed by atoms with Gasteiger partial charge in [-0.15, -0.1) is 0 Å². The van der Waals surface area contributed by atoms with Gasteiger partial charge in [0.15, 0.2) is 0 Å². The fourth-order valence-corrected chi connectivity index (χ4v) is 0.844. The molecule has 0 bridgehead atoms. The number of nitrogens with one attached hydrogen (secondary N) is 1. The summed E-state index contributed by atoms with van der Waals surface area (Å²) in [6.07, 6.45) is -3.54. The molecule has 0 amide bonds. The third-order valence-corrected chi connectivity index (χ3v) is 1.41. The molecule has 0 aliphatic rings. The number of hydrogen-bond donors (Lipinski definition) is 2. The lowest BCUT2D eigenvalue weighted by Crippen LogP contribution is -2.16. The Morgan fingerprint density at radius 3 is 2.50 bits per heavy atom. The van der Waals surface area contributed by atoms with Crippen molar-refractivity contribution >= 4 is 17.2 Å². The van der Waals surface area contributed by atoms with Crippen LogP contribution in [-0.2, 0) is 6.18 Å². The minimum absolute atomic E-state index is 0.280. The first-order valence-electron chi connectivity index (χ1n) is 2.83. The molecule has 0 fully saturated rings. The first-order valence-corrected chi connectivity index (χ1v) is 3.24. The predicted molar refractivity (Wildman–Crippen MR) is 39.5 cm³/mol. The molecule has 0 atom stereocenters. The maximum Gasteiger partial charge on any atom is 0.433 e. The summed E-state index contributed by atoms with van der Waals surface area (Å²) in [7, 11) is 0. The molecule has 0 saturated carbocycles. The minimum atomic E-state index is -4.49. The first kappa shape index (κ1) is 8.98. The highest BCUT2D eigenvalue weighted by Crippen LogP contribution is 2.29. The Labute approximate surface area is 70.8 Å². The van der Waals surface area contributed by atoms with E-state index in [1.165, 1.54) is 0 Å². The Morgan fingerprint density at radius 1 is 1.58 bits per heavy atom. The van der Waals surface area contributed by atoms with E-state index in [1.54, 1.807) is 5.10 Å². The van der Waals surface area contributed by atoms with Crippen LogP contribution in [0.5, 0.6) is 0 Å². The van der Waals surface area contributed by atoms with Gasteiger partial charge in [-0.3, -0.25) is 5.10 Å². The van der Waals surface area contributed by atoms with Gasteiger partial charge in [0.1, 0.15) is 10.7 Å². The summed E-state index contributed by atoms with van der Waals surface area (Å²) in [6, 6.07) is 0. The van der Waals surface area contributed by atoms with Crippen LogP contribution in [0.2, 0.25) is 0 Å². The number of aromatic amines is 1. The smallest absolute Gasteiger partial charge is 0.389 e. The fourth-order valence-electron chi connectivity index (χ4n) is 0.689. The largest absolute Gasteiger partial charge is 0.433 e. The van der Waals surface area contributed by atoms with E-state index in [2.05, 4.69) is 17.3 Å². The van der Waals surface area contributed by atoms with Gasteiger partial charge in [0.2, 0.25) is 0 Å². The zero-order chi connectivity index (χ0) is 9.35. The fraction of sp³-hybridized carbons (Fsp3) is 0.200. The Morgan fingerprint density at radius 2 is 2.17 bits per heavy atom. The van der Waals surface area contributed by atoms with Crippen LogP contribution in [-0.4, -0.2) is 15.2 Å². The van der Waals surface area contributed by atoms with Crippen molar-refractivity contribution in [2.45, 2.75) is 6.18 Å². The van der Waals surface area contributed by atoms with Crippen LogP contribution in [0.25, 0.3) is 0 Å². The number of nitrogens with two attached hydrogens (primary N) is 1. The molecular formula is C5H4F3N3S. The number of hydrogen-bond acceptors (Lipinski definition) is 2. The van der Waals surface area contributed by atoms with Crippen molar-refractivity contribution in [2.24, 2.45) is 5.73 Å². The van der Waals surface area contributed by atoms with Crippen molar-refractivity contribution in [3.05, 3.63) is 17.5 Å². The van der Waals surface area contributed by atoms with Crippen LogP contribution >= 0.6 is 12.2 Å². The molecule has 0 unspecified atom stereocenters. The molecular weight excluding hydrogens is 191 g/mol. The van der Waals surface area contributed by atoms with E-state index in [0.717, 1.165) is 6.20 Å². The van der Waals surface area contributed by atoms with E-state index in [9.17, 15) is 13.2 Å². The molecule has 66 valence electrons. The Hall–Kier alpha value is -1.11. The normalized spacial score (nSPS) is 11.6. The molecule has 3 N–H and O–H groups in total. The van der Waals surface area contributed by atoms with Crippen LogP contribution in [0.1, 0.15) is 11.3 Å². The monoisotopic (exact) mass is 195 g/mol. The molecule has 1 heterocycles. The second-order valence-electron chi connectivity index (χ2n) is 2.02. The molecule has 3 nitrogen and oxygen atoms in total. The third kappa shape index (κ3) is 1.55. The molecule has 12 heavy (non-hydrogen) atoms. The van der Waals surface area contributed by atoms with Gasteiger partial charge in [0, 0.05) is 0 Å². The van der Waals surface area contributed by atoms with E-state index in [1.807, 2.05) is 0 Å². The number of rotatable bonds is 1. The molecule has 0 aliphatic heterocycles. The average Bonchev–Trinajstić information content (AvgIpc) is 2.30. The maximum absolute atomic E-state index is 12.1. The molecule has 0 aliphatic carbocycles. The molecule has 7 heteroatoms. The number of alkyl halides is 3. The molecule has 1 rings (SSSR count). The lowest BCUT2D eigenvalue weighted by atomic mass is 10.2.